The largest absolute Gasteiger partial charge is 0.0622 e. The zero-order valence-electron chi connectivity index (χ0n) is 9.46. The third-order valence-electron chi connectivity index (χ3n) is 3.51. The lowest BCUT2D eigenvalue weighted by Crippen LogP contribution is -2.01. The summed E-state index contributed by atoms with van der Waals surface area (Å²) in [6.45, 7) is 6.90. The first-order valence-electron chi connectivity index (χ1n) is 5.78. The summed E-state index contributed by atoms with van der Waals surface area (Å²) in [5.74, 6) is 2.31. The number of hydrogen-bond donors (Lipinski definition) is 0. The van der Waals surface area contributed by atoms with E-state index in [0.29, 0.717) is 5.92 Å². The molecule has 0 aliphatic heterocycles. The highest BCUT2D eigenvalue weighted by Gasteiger charge is 2.23. The van der Waals surface area contributed by atoms with Gasteiger partial charge in [0.15, 0.2) is 0 Å². The Kier molecular flexibility index (Phi) is 2.62. The lowest BCUT2D eigenvalue weighted by atomic mass is 9.89. The van der Waals surface area contributed by atoms with E-state index in [4.69, 9.17) is 0 Å². The fraction of sp³-hybridized carbons (Fsp3) is 0.571. The molecule has 0 radical (unpaired) electrons. The topological polar surface area (TPSA) is 0 Å². The van der Waals surface area contributed by atoms with E-state index in [2.05, 4.69) is 45.0 Å². The second kappa shape index (κ2) is 3.76. The Balaban J connectivity index is 2.12. The fourth-order valence-corrected chi connectivity index (χ4v) is 1.87. The van der Waals surface area contributed by atoms with Gasteiger partial charge in [-0.2, -0.15) is 0 Å². The predicted octanol–water partition coefficient (Wildman–Crippen LogP) is 4.32. The number of hydrogen-bond acceptors (Lipinski definition) is 0. The van der Waals surface area contributed by atoms with E-state index in [1.165, 1.54) is 18.4 Å². The maximum absolute atomic E-state index is 2.33. The first-order chi connectivity index (χ1) is 6.68. The SMILES string of the molecule is CC(C)C(C)c1ccc(C2CC2)cc1. The molecule has 0 heterocycles. The monoisotopic (exact) mass is 188 g/mol. The van der Waals surface area contributed by atoms with Crippen molar-refractivity contribution in [2.24, 2.45) is 5.92 Å². The van der Waals surface area contributed by atoms with Gasteiger partial charge < -0.3 is 0 Å². The van der Waals surface area contributed by atoms with Gasteiger partial charge in [-0.1, -0.05) is 45.0 Å². The Bertz CT molecular complexity index is 290. The minimum Gasteiger partial charge on any atom is -0.0622 e. The summed E-state index contributed by atoms with van der Waals surface area (Å²) < 4.78 is 0. The molecule has 0 saturated heterocycles. The van der Waals surface area contributed by atoms with Crippen molar-refractivity contribution in [2.45, 2.75) is 45.4 Å². The lowest BCUT2D eigenvalue weighted by Gasteiger charge is -2.16. The molecule has 1 aromatic carbocycles. The first kappa shape index (κ1) is 9.76. The first-order valence-corrected chi connectivity index (χ1v) is 5.78. The van der Waals surface area contributed by atoms with Crippen molar-refractivity contribution in [2.75, 3.05) is 0 Å². The molecule has 1 fully saturated rings. The van der Waals surface area contributed by atoms with Crippen LogP contribution in [-0.4, -0.2) is 0 Å². The van der Waals surface area contributed by atoms with E-state index in [-0.39, 0.29) is 0 Å². The van der Waals surface area contributed by atoms with Crippen molar-refractivity contribution in [1.29, 1.82) is 0 Å². The Morgan fingerprint density at radius 1 is 1.00 bits per heavy atom. The van der Waals surface area contributed by atoms with Crippen LogP contribution in [0.5, 0.6) is 0 Å². The second-order valence-corrected chi connectivity index (χ2v) is 4.97. The van der Waals surface area contributed by atoms with Crippen LogP contribution in [0.2, 0.25) is 0 Å². The quantitative estimate of drug-likeness (QED) is 0.662. The van der Waals surface area contributed by atoms with Crippen molar-refractivity contribution in [1.82, 2.24) is 0 Å². The molecule has 0 spiro atoms. The molecule has 0 nitrogen and oxygen atoms in total. The zero-order valence-corrected chi connectivity index (χ0v) is 9.46. The van der Waals surface area contributed by atoms with Crippen LogP contribution >= 0.6 is 0 Å². The molecule has 0 N–H and O–H groups in total. The van der Waals surface area contributed by atoms with Crippen LogP contribution in [0.4, 0.5) is 0 Å². The molecule has 1 aromatic rings. The number of benzene rings is 1. The Hall–Kier alpha value is -0.780. The number of rotatable bonds is 3. The summed E-state index contributed by atoms with van der Waals surface area (Å²) >= 11 is 0. The Morgan fingerprint density at radius 2 is 1.57 bits per heavy atom. The molecule has 1 aliphatic rings. The highest BCUT2D eigenvalue weighted by Crippen LogP contribution is 2.40. The zero-order chi connectivity index (χ0) is 10.1. The van der Waals surface area contributed by atoms with Gasteiger partial charge in [0, 0.05) is 0 Å². The standard InChI is InChI=1S/C14H20/c1-10(2)11(3)12-4-6-13(7-5-12)14-8-9-14/h4-7,10-11,14H,8-9H2,1-3H3. The van der Waals surface area contributed by atoms with Crippen molar-refractivity contribution >= 4 is 0 Å². The molecule has 76 valence electrons. The van der Waals surface area contributed by atoms with Gasteiger partial charge in [0.1, 0.15) is 0 Å². The van der Waals surface area contributed by atoms with E-state index in [9.17, 15) is 0 Å². The molecule has 1 unspecified atom stereocenters. The molecule has 0 heteroatoms. The van der Waals surface area contributed by atoms with E-state index >= 15 is 0 Å². The van der Waals surface area contributed by atoms with Crippen molar-refractivity contribution < 1.29 is 0 Å². The predicted molar refractivity (Wildman–Crippen MR) is 61.7 cm³/mol. The van der Waals surface area contributed by atoms with Gasteiger partial charge in [-0.3, -0.25) is 0 Å². The van der Waals surface area contributed by atoms with Crippen LogP contribution < -0.4 is 0 Å². The molecular formula is C14H20. The smallest absolute Gasteiger partial charge is 0.0162 e. The molecule has 2 rings (SSSR count). The van der Waals surface area contributed by atoms with Crippen LogP contribution in [0.1, 0.15) is 56.6 Å². The lowest BCUT2D eigenvalue weighted by molar-refractivity contribution is 0.535. The van der Waals surface area contributed by atoms with Crippen molar-refractivity contribution in [3.8, 4) is 0 Å². The third-order valence-corrected chi connectivity index (χ3v) is 3.51. The molecule has 0 amide bonds. The van der Waals surface area contributed by atoms with Gasteiger partial charge in [0.05, 0.1) is 0 Å². The van der Waals surface area contributed by atoms with Crippen LogP contribution in [0, 0.1) is 5.92 Å². The molecule has 0 bridgehead atoms. The minimum absolute atomic E-state index is 0.684. The molecule has 0 aromatic heterocycles. The Labute approximate surface area is 87.3 Å². The summed E-state index contributed by atoms with van der Waals surface area (Å²) in [6, 6.07) is 9.29. The van der Waals surface area contributed by atoms with Crippen LogP contribution in [-0.2, 0) is 0 Å². The maximum Gasteiger partial charge on any atom is -0.0162 e. The molecule has 14 heavy (non-hydrogen) atoms. The normalized spacial score (nSPS) is 18.6. The summed E-state index contributed by atoms with van der Waals surface area (Å²) in [6.07, 6.45) is 2.80. The van der Waals surface area contributed by atoms with Gasteiger partial charge >= 0.3 is 0 Å². The average Bonchev–Trinajstić information content (AvgIpc) is 3.00. The van der Waals surface area contributed by atoms with E-state index in [0.717, 1.165) is 11.8 Å². The van der Waals surface area contributed by atoms with E-state index in [1.54, 1.807) is 5.56 Å². The van der Waals surface area contributed by atoms with Crippen molar-refractivity contribution in [3.63, 3.8) is 0 Å². The summed E-state index contributed by atoms with van der Waals surface area (Å²) in [5, 5.41) is 0. The van der Waals surface area contributed by atoms with Crippen molar-refractivity contribution in [3.05, 3.63) is 35.4 Å². The fourth-order valence-electron chi connectivity index (χ4n) is 1.87. The van der Waals surface area contributed by atoms with Crippen LogP contribution in [0.3, 0.4) is 0 Å². The summed E-state index contributed by atoms with van der Waals surface area (Å²) in [5.41, 5.74) is 3.04. The highest BCUT2D eigenvalue weighted by molar-refractivity contribution is 5.29. The average molecular weight is 188 g/mol. The molecule has 1 saturated carbocycles. The Morgan fingerprint density at radius 3 is 2.00 bits per heavy atom. The summed E-state index contributed by atoms with van der Waals surface area (Å²) in [7, 11) is 0. The molecule has 1 atom stereocenters. The van der Waals surface area contributed by atoms with Gasteiger partial charge in [0.25, 0.3) is 0 Å². The third kappa shape index (κ3) is 2.00. The van der Waals surface area contributed by atoms with Gasteiger partial charge in [-0.15, -0.1) is 0 Å². The summed E-state index contributed by atoms with van der Waals surface area (Å²) in [4.78, 5) is 0. The van der Waals surface area contributed by atoms with E-state index < -0.39 is 0 Å². The minimum atomic E-state index is 0.684. The second-order valence-electron chi connectivity index (χ2n) is 4.97. The van der Waals surface area contributed by atoms with Gasteiger partial charge in [-0.25, -0.2) is 0 Å². The van der Waals surface area contributed by atoms with Crippen LogP contribution in [0.15, 0.2) is 24.3 Å². The van der Waals surface area contributed by atoms with E-state index in [1.807, 2.05) is 0 Å². The molecular weight excluding hydrogens is 168 g/mol. The van der Waals surface area contributed by atoms with Gasteiger partial charge in [-0.05, 0) is 41.7 Å². The maximum atomic E-state index is 2.33. The van der Waals surface area contributed by atoms with Crippen LogP contribution in [0.25, 0.3) is 0 Å². The highest BCUT2D eigenvalue weighted by atomic mass is 14.3. The molecule has 1 aliphatic carbocycles. The van der Waals surface area contributed by atoms with Gasteiger partial charge in [0.2, 0.25) is 0 Å².